The molecule has 0 amide bonds. The molecule has 6 heteroatoms. The zero-order valence-corrected chi connectivity index (χ0v) is 8.88. The van der Waals surface area contributed by atoms with Crippen LogP contribution in [0.25, 0.3) is 0 Å². The van der Waals surface area contributed by atoms with Crippen molar-refractivity contribution in [1.82, 2.24) is 0 Å². The lowest BCUT2D eigenvalue weighted by molar-refractivity contribution is 0.0679. The minimum absolute atomic E-state index is 0.0397. The highest BCUT2D eigenvalue weighted by Crippen LogP contribution is 1.92. The Morgan fingerprint density at radius 1 is 1.43 bits per heavy atom. The molecule has 0 aromatic carbocycles. The van der Waals surface area contributed by atoms with Crippen LogP contribution in [0, 0.1) is 0 Å². The monoisotopic (exact) mass is 222 g/mol. The molecule has 0 saturated heterocycles. The van der Waals surface area contributed by atoms with Crippen molar-refractivity contribution in [3.8, 4) is 0 Å². The highest BCUT2D eigenvalue weighted by atomic mass is 32.2. The summed E-state index contributed by atoms with van der Waals surface area (Å²) >= 11 is 0. The van der Waals surface area contributed by atoms with Crippen molar-refractivity contribution in [3.63, 3.8) is 0 Å². The number of carbonyl (C=O) groups excluding carboxylic acids is 1. The normalized spacial score (nSPS) is 10.6. The number of hydrogen-bond acceptors (Lipinski definition) is 5. The Hall–Kier alpha value is -1.04. The molecule has 5 nitrogen and oxygen atoms in total. The van der Waals surface area contributed by atoms with Crippen LogP contribution in [0.1, 0.15) is 6.92 Å². The summed E-state index contributed by atoms with van der Waals surface area (Å²) in [6.07, 6.45) is 0.514. The summed E-state index contributed by atoms with van der Waals surface area (Å²) in [7, 11) is -3.09. The predicted octanol–water partition coefficient (Wildman–Crippen LogP) is 0.760. The SMILES string of the molecule is C=CCOC(=O)OCCS(=O)(=O)CC. The molecule has 0 rings (SSSR count). The molecule has 82 valence electrons. The third-order valence-corrected chi connectivity index (χ3v) is 3.04. The van der Waals surface area contributed by atoms with Gasteiger partial charge in [-0.25, -0.2) is 13.2 Å². The van der Waals surface area contributed by atoms with E-state index >= 15 is 0 Å². The second-order valence-corrected chi connectivity index (χ2v) is 4.91. The average molecular weight is 222 g/mol. The van der Waals surface area contributed by atoms with Gasteiger partial charge in [-0.3, -0.25) is 0 Å². The number of hydrogen-bond donors (Lipinski definition) is 0. The highest BCUT2D eigenvalue weighted by Gasteiger charge is 2.09. The molecule has 14 heavy (non-hydrogen) atoms. The van der Waals surface area contributed by atoms with Crippen LogP contribution in [0.5, 0.6) is 0 Å². The Kier molecular flexibility index (Phi) is 5.94. The van der Waals surface area contributed by atoms with Gasteiger partial charge >= 0.3 is 6.16 Å². The molecule has 0 aromatic rings. The first-order valence-corrected chi connectivity index (χ1v) is 5.95. The Bertz CT molecular complexity index is 280. The molecule has 0 heterocycles. The van der Waals surface area contributed by atoms with E-state index in [2.05, 4.69) is 16.1 Å². The molecule has 0 aliphatic rings. The molecule has 0 atom stereocenters. The van der Waals surface area contributed by atoms with Crippen LogP contribution in [-0.2, 0) is 19.3 Å². The van der Waals surface area contributed by atoms with E-state index in [1.807, 2.05) is 0 Å². The van der Waals surface area contributed by atoms with Gasteiger partial charge in [0, 0.05) is 5.75 Å². The van der Waals surface area contributed by atoms with Crippen LogP contribution in [0.15, 0.2) is 12.7 Å². The quantitative estimate of drug-likeness (QED) is 0.490. The second kappa shape index (κ2) is 6.42. The van der Waals surface area contributed by atoms with Crippen LogP contribution in [-0.4, -0.2) is 39.3 Å². The van der Waals surface area contributed by atoms with Crippen LogP contribution < -0.4 is 0 Å². The van der Waals surface area contributed by atoms with E-state index in [0.717, 1.165) is 0 Å². The Morgan fingerprint density at radius 3 is 2.57 bits per heavy atom. The van der Waals surface area contributed by atoms with E-state index < -0.39 is 16.0 Å². The van der Waals surface area contributed by atoms with Gasteiger partial charge in [0.15, 0.2) is 9.84 Å². The van der Waals surface area contributed by atoms with Crippen molar-refractivity contribution in [2.45, 2.75) is 6.92 Å². The topological polar surface area (TPSA) is 69.7 Å². The Morgan fingerprint density at radius 2 is 2.07 bits per heavy atom. The van der Waals surface area contributed by atoms with Gasteiger partial charge in [-0.05, 0) is 0 Å². The summed E-state index contributed by atoms with van der Waals surface area (Å²) in [5.74, 6) is -0.134. The summed E-state index contributed by atoms with van der Waals surface area (Å²) in [4.78, 5) is 10.7. The lowest BCUT2D eigenvalue weighted by Crippen LogP contribution is -2.17. The second-order valence-electron chi connectivity index (χ2n) is 2.43. The number of sulfone groups is 1. The van der Waals surface area contributed by atoms with Gasteiger partial charge in [0.1, 0.15) is 13.2 Å². The zero-order chi connectivity index (χ0) is 11.0. The standard InChI is InChI=1S/C8H14O5S/c1-3-5-12-8(9)13-6-7-14(10,11)4-2/h3H,1,4-7H2,2H3. The van der Waals surface area contributed by atoms with Gasteiger partial charge in [-0.1, -0.05) is 19.6 Å². The van der Waals surface area contributed by atoms with E-state index in [9.17, 15) is 13.2 Å². The molecular formula is C8H14O5S. The summed E-state index contributed by atoms with van der Waals surface area (Å²) < 4.78 is 30.9. The van der Waals surface area contributed by atoms with Gasteiger partial charge in [0.05, 0.1) is 5.75 Å². The molecule has 0 unspecified atom stereocenters. The van der Waals surface area contributed by atoms with Crippen LogP contribution >= 0.6 is 0 Å². The van der Waals surface area contributed by atoms with Gasteiger partial charge < -0.3 is 9.47 Å². The van der Waals surface area contributed by atoms with Crippen molar-refractivity contribution in [2.75, 3.05) is 24.7 Å². The third-order valence-electron chi connectivity index (χ3n) is 1.37. The fourth-order valence-electron chi connectivity index (χ4n) is 0.565. The summed E-state index contributed by atoms with van der Waals surface area (Å²) in [6, 6.07) is 0. The van der Waals surface area contributed by atoms with E-state index in [-0.39, 0.29) is 24.7 Å². The number of ether oxygens (including phenoxy) is 2. The molecule has 0 aromatic heterocycles. The summed E-state index contributed by atoms with van der Waals surface area (Å²) in [5.41, 5.74) is 0. The molecule has 0 saturated carbocycles. The van der Waals surface area contributed by atoms with Crippen LogP contribution in [0.2, 0.25) is 0 Å². The molecule has 0 spiro atoms. The number of carbonyl (C=O) groups is 1. The summed E-state index contributed by atoms with van der Waals surface area (Å²) in [5, 5.41) is 0. The maximum Gasteiger partial charge on any atom is 0.508 e. The van der Waals surface area contributed by atoms with E-state index in [0.29, 0.717) is 0 Å². The minimum atomic E-state index is -3.09. The first kappa shape index (κ1) is 13.0. The van der Waals surface area contributed by atoms with Crippen molar-refractivity contribution in [1.29, 1.82) is 0 Å². The maximum absolute atomic E-state index is 10.9. The lowest BCUT2D eigenvalue weighted by atomic mass is 10.7. The lowest BCUT2D eigenvalue weighted by Gasteiger charge is -2.04. The fraction of sp³-hybridized carbons (Fsp3) is 0.625. The number of rotatable bonds is 6. The van der Waals surface area contributed by atoms with E-state index in [4.69, 9.17) is 0 Å². The Balaban J connectivity index is 3.64. The molecular weight excluding hydrogens is 208 g/mol. The van der Waals surface area contributed by atoms with E-state index in [1.54, 1.807) is 0 Å². The third kappa shape index (κ3) is 6.47. The summed E-state index contributed by atoms with van der Waals surface area (Å²) in [6.45, 7) is 4.75. The predicted molar refractivity (Wildman–Crippen MR) is 51.8 cm³/mol. The van der Waals surface area contributed by atoms with Gasteiger partial charge in [-0.2, -0.15) is 0 Å². The largest absolute Gasteiger partial charge is 0.508 e. The smallest absolute Gasteiger partial charge is 0.433 e. The van der Waals surface area contributed by atoms with E-state index in [1.165, 1.54) is 13.0 Å². The van der Waals surface area contributed by atoms with Gasteiger partial charge in [-0.15, -0.1) is 0 Å². The van der Waals surface area contributed by atoms with Crippen molar-refractivity contribution in [2.24, 2.45) is 0 Å². The molecule has 0 fully saturated rings. The fourth-order valence-corrected chi connectivity index (χ4v) is 1.19. The molecule has 0 bridgehead atoms. The first-order valence-electron chi connectivity index (χ1n) is 4.12. The maximum atomic E-state index is 10.9. The molecule has 0 aliphatic heterocycles. The van der Waals surface area contributed by atoms with Gasteiger partial charge in [0.25, 0.3) is 0 Å². The average Bonchev–Trinajstić information content (AvgIpc) is 2.14. The first-order chi connectivity index (χ1) is 6.52. The Labute approximate surface area is 83.6 Å². The van der Waals surface area contributed by atoms with Crippen molar-refractivity contribution >= 4 is 16.0 Å². The van der Waals surface area contributed by atoms with Crippen LogP contribution in [0.4, 0.5) is 4.79 Å². The van der Waals surface area contributed by atoms with Gasteiger partial charge in [0.2, 0.25) is 0 Å². The highest BCUT2D eigenvalue weighted by molar-refractivity contribution is 7.91. The molecule has 0 aliphatic carbocycles. The van der Waals surface area contributed by atoms with Crippen LogP contribution in [0.3, 0.4) is 0 Å². The minimum Gasteiger partial charge on any atom is -0.433 e. The molecule has 0 radical (unpaired) electrons. The van der Waals surface area contributed by atoms with Crippen molar-refractivity contribution in [3.05, 3.63) is 12.7 Å². The molecule has 0 N–H and O–H groups in total. The zero-order valence-electron chi connectivity index (χ0n) is 8.06. The van der Waals surface area contributed by atoms with Crippen molar-refractivity contribution < 1.29 is 22.7 Å².